The van der Waals surface area contributed by atoms with E-state index in [-0.39, 0.29) is 9.80 Å². The first-order valence-electron chi connectivity index (χ1n) is 8.48. The molecule has 1 aliphatic rings. The van der Waals surface area contributed by atoms with E-state index in [1.807, 2.05) is 29.4 Å². The molecule has 1 aliphatic heterocycles. The van der Waals surface area contributed by atoms with Gasteiger partial charge in [0.1, 0.15) is 4.91 Å². The van der Waals surface area contributed by atoms with Crippen molar-refractivity contribution < 1.29 is 13.2 Å². The smallest absolute Gasteiger partial charge is 0.211 e. The van der Waals surface area contributed by atoms with Gasteiger partial charge < -0.3 is 9.47 Å². The Morgan fingerprint density at radius 3 is 2.23 bits per heavy atom. The van der Waals surface area contributed by atoms with Crippen LogP contribution in [0.25, 0.3) is 0 Å². The van der Waals surface area contributed by atoms with E-state index in [4.69, 9.17) is 11.6 Å². The first-order valence-corrected chi connectivity index (χ1v) is 10.3. The molecule has 26 heavy (non-hydrogen) atoms. The van der Waals surface area contributed by atoms with E-state index < -0.39 is 15.6 Å². The lowest BCUT2D eigenvalue weighted by atomic mass is 10.1. The summed E-state index contributed by atoms with van der Waals surface area (Å²) in [6, 6.07) is 10.3. The van der Waals surface area contributed by atoms with Gasteiger partial charge in [-0.2, -0.15) is 0 Å². The van der Waals surface area contributed by atoms with Crippen LogP contribution in [0, 0.1) is 0 Å². The van der Waals surface area contributed by atoms with Crippen LogP contribution in [0.1, 0.15) is 25.8 Å². The fraction of sp³-hybridized carbons (Fsp3) is 0.316. The second kappa shape index (κ2) is 7.68. The minimum atomic E-state index is -3.87. The normalized spacial score (nSPS) is 16.7. The highest BCUT2D eigenvalue weighted by molar-refractivity contribution is 7.96. The molecule has 2 aromatic rings. The summed E-state index contributed by atoms with van der Waals surface area (Å²) in [6.07, 6.45) is 7.39. The lowest BCUT2D eigenvalue weighted by Gasteiger charge is -2.32. The van der Waals surface area contributed by atoms with E-state index in [2.05, 4.69) is 4.57 Å². The van der Waals surface area contributed by atoms with Gasteiger partial charge in [0.15, 0.2) is 5.78 Å². The number of carbonyl (C=O) groups is 1. The topological polar surface area (TPSA) is 59.4 Å². The van der Waals surface area contributed by atoms with E-state index in [0.717, 1.165) is 12.8 Å². The molecule has 0 amide bonds. The van der Waals surface area contributed by atoms with E-state index in [1.54, 1.807) is 0 Å². The molecular weight excluding hydrogens is 372 g/mol. The van der Waals surface area contributed by atoms with Crippen LogP contribution < -0.4 is 0 Å². The number of carbonyl (C=O) groups excluding carboxylic acids is 1. The third-order valence-electron chi connectivity index (χ3n) is 4.61. The highest BCUT2D eigenvalue weighted by atomic mass is 35.5. The molecule has 3 rings (SSSR count). The zero-order valence-electron chi connectivity index (χ0n) is 14.5. The fourth-order valence-electron chi connectivity index (χ4n) is 3.16. The van der Waals surface area contributed by atoms with E-state index in [9.17, 15) is 13.2 Å². The molecular formula is C19H21ClN2O3S. The van der Waals surface area contributed by atoms with Crippen LogP contribution >= 0.6 is 11.6 Å². The van der Waals surface area contributed by atoms with Crippen LogP contribution in [-0.2, 0) is 14.6 Å². The van der Waals surface area contributed by atoms with Crippen molar-refractivity contribution >= 4 is 27.2 Å². The third kappa shape index (κ3) is 4.02. The average Bonchev–Trinajstić information content (AvgIpc) is 3.15. The van der Waals surface area contributed by atoms with Crippen molar-refractivity contribution in [1.82, 2.24) is 9.47 Å². The molecule has 2 heterocycles. The molecule has 0 atom stereocenters. The number of halogens is 1. The van der Waals surface area contributed by atoms with Gasteiger partial charge in [-0.15, -0.1) is 0 Å². The Labute approximate surface area is 158 Å². The van der Waals surface area contributed by atoms with E-state index in [1.165, 1.54) is 37.4 Å². The van der Waals surface area contributed by atoms with E-state index in [0.29, 0.717) is 24.2 Å². The molecule has 0 saturated carbocycles. The molecule has 0 N–H and O–H groups in total. The predicted molar refractivity (Wildman–Crippen MR) is 102 cm³/mol. The lowest BCUT2D eigenvalue weighted by Crippen LogP contribution is -2.32. The van der Waals surface area contributed by atoms with Crippen molar-refractivity contribution in [2.24, 2.45) is 0 Å². The highest BCUT2D eigenvalue weighted by Gasteiger charge is 2.27. The quantitative estimate of drug-likeness (QED) is 0.728. The maximum Gasteiger partial charge on any atom is 0.211 e. The molecule has 1 fully saturated rings. The van der Waals surface area contributed by atoms with Crippen molar-refractivity contribution in [3.05, 3.63) is 64.9 Å². The van der Waals surface area contributed by atoms with Crippen LogP contribution in [0.15, 0.2) is 64.8 Å². The summed E-state index contributed by atoms with van der Waals surface area (Å²) in [4.78, 5) is 13.9. The van der Waals surface area contributed by atoms with Crippen molar-refractivity contribution in [3.8, 4) is 0 Å². The maximum absolute atomic E-state index is 12.8. The van der Waals surface area contributed by atoms with Gasteiger partial charge in [-0.25, -0.2) is 8.42 Å². The molecule has 0 bridgehead atoms. The average molecular weight is 393 g/mol. The molecule has 0 aliphatic carbocycles. The maximum atomic E-state index is 12.8. The minimum absolute atomic E-state index is 0.0746. The Kier molecular flexibility index (Phi) is 5.53. The summed E-state index contributed by atoms with van der Waals surface area (Å²) in [5, 5.41) is 0.449. The van der Waals surface area contributed by atoms with Gasteiger partial charge in [-0.3, -0.25) is 4.79 Å². The Bertz CT molecular complexity index is 895. The molecule has 1 aromatic heterocycles. The van der Waals surface area contributed by atoms with Crippen LogP contribution in [0.3, 0.4) is 0 Å². The molecule has 138 valence electrons. The number of piperidine rings is 1. The SMILES string of the molecule is CC(=O)C(=CN1CCC(n2cccc2)CC1)S(=O)(=O)c1ccc(Cl)cc1. The van der Waals surface area contributed by atoms with E-state index >= 15 is 0 Å². The van der Waals surface area contributed by atoms with Crippen LogP contribution in [0.4, 0.5) is 0 Å². The number of aromatic nitrogens is 1. The second-order valence-corrected chi connectivity index (χ2v) is 8.76. The summed E-state index contributed by atoms with van der Waals surface area (Å²) in [7, 11) is -3.87. The number of hydrogen-bond acceptors (Lipinski definition) is 4. The van der Waals surface area contributed by atoms with Gasteiger partial charge in [0.2, 0.25) is 9.84 Å². The van der Waals surface area contributed by atoms with Crippen molar-refractivity contribution in [3.63, 3.8) is 0 Å². The first-order chi connectivity index (χ1) is 12.4. The summed E-state index contributed by atoms with van der Waals surface area (Å²) in [6.45, 7) is 2.69. The molecule has 0 unspecified atom stereocenters. The number of ketones is 1. The zero-order valence-corrected chi connectivity index (χ0v) is 16.1. The van der Waals surface area contributed by atoms with Crippen LogP contribution in [-0.4, -0.2) is 36.8 Å². The minimum Gasteiger partial charge on any atom is -0.376 e. The Hall–Kier alpha value is -2.05. The van der Waals surface area contributed by atoms with Crippen LogP contribution in [0.5, 0.6) is 0 Å². The number of allylic oxidation sites excluding steroid dienone is 1. The number of sulfone groups is 1. The van der Waals surface area contributed by atoms with Gasteiger partial charge in [0.05, 0.1) is 4.90 Å². The molecule has 1 aromatic carbocycles. The second-order valence-electron chi connectivity index (χ2n) is 6.40. The van der Waals surface area contributed by atoms with Gasteiger partial charge in [0.25, 0.3) is 0 Å². The Morgan fingerprint density at radius 1 is 1.12 bits per heavy atom. The van der Waals surface area contributed by atoms with Crippen molar-refractivity contribution in [2.45, 2.75) is 30.7 Å². The lowest BCUT2D eigenvalue weighted by molar-refractivity contribution is -0.113. The molecule has 1 saturated heterocycles. The van der Waals surface area contributed by atoms with Gasteiger partial charge in [-0.05, 0) is 56.2 Å². The molecule has 0 spiro atoms. The number of hydrogen-bond donors (Lipinski definition) is 0. The first kappa shape index (κ1) is 18.7. The number of nitrogens with zero attached hydrogens (tertiary/aromatic N) is 2. The zero-order chi connectivity index (χ0) is 18.7. The summed E-state index contributed by atoms with van der Waals surface area (Å²) < 4.78 is 27.9. The standard InChI is InChI=1S/C19H21ClN2O3S/c1-15(23)19(26(24,25)18-6-4-16(20)5-7-18)14-21-12-8-17(9-13-21)22-10-2-3-11-22/h2-7,10-11,14,17H,8-9,12-13H2,1H3. The summed E-state index contributed by atoms with van der Waals surface area (Å²) >= 11 is 5.83. The van der Waals surface area contributed by atoms with Gasteiger partial charge in [0, 0.05) is 42.7 Å². The number of likely N-dealkylation sites (tertiary alicyclic amines) is 1. The number of rotatable bonds is 5. The largest absolute Gasteiger partial charge is 0.376 e. The van der Waals surface area contributed by atoms with Gasteiger partial charge >= 0.3 is 0 Å². The number of benzene rings is 1. The molecule has 5 nitrogen and oxygen atoms in total. The van der Waals surface area contributed by atoms with Crippen LogP contribution in [0.2, 0.25) is 5.02 Å². The Balaban J connectivity index is 1.80. The molecule has 0 radical (unpaired) electrons. The predicted octanol–water partition coefficient (Wildman–Crippen LogP) is 3.68. The third-order valence-corrected chi connectivity index (χ3v) is 6.73. The summed E-state index contributed by atoms with van der Waals surface area (Å²) in [5.74, 6) is -0.465. The van der Waals surface area contributed by atoms with Crippen molar-refractivity contribution in [1.29, 1.82) is 0 Å². The highest BCUT2D eigenvalue weighted by Crippen LogP contribution is 2.26. The Morgan fingerprint density at radius 2 is 1.69 bits per heavy atom. The number of Topliss-reactive ketones (excluding diaryl/α,β-unsaturated/α-hetero) is 1. The summed E-state index contributed by atoms with van der Waals surface area (Å²) in [5.41, 5.74) is 0. The van der Waals surface area contributed by atoms with Crippen molar-refractivity contribution in [2.75, 3.05) is 13.1 Å². The van der Waals surface area contributed by atoms with Gasteiger partial charge in [-0.1, -0.05) is 11.6 Å². The molecule has 7 heteroatoms. The fourth-order valence-corrected chi connectivity index (χ4v) is 4.70. The monoisotopic (exact) mass is 392 g/mol.